The predicted octanol–water partition coefficient (Wildman–Crippen LogP) is 0.397. The van der Waals surface area contributed by atoms with Gasteiger partial charge in [0.15, 0.2) is 0 Å². The fourth-order valence-electron chi connectivity index (χ4n) is 0.958. The SMILES string of the molecule is COCn1c(C)c(C)[nH]c1=O. The van der Waals surface area contributed by atoms with E-state index in [0.29, 0.717) is 6.73 Å². The van der Waals surface area contributed by atoms with Crippen molar-refractivity contribution in [3.8, 4) is 0 Å². The Bertz CT molecular complexity index is 298. The molecule has 1 heterocycles. The molecule has 0 aliphatic rings. The standard InChI is InChI=1S/C7H12N2O2/c1-5-6(2)9(4-11-3)7(10)8-5/h4H2,1-3H3,(H,8,10). The van der Waals surface area contributed by atoms with Crippen LogP contribution in [0.5, 0.6) is 0 Å². The number of methoxy groups -OCH3 is 1. The maximum absolute atomic E-state index is 11.1. The quantitative estimate of drug-likeness (QED) is 0.673. The first-order valence-corrected chi connectivity index (χ1v) is 3.41. The summed E-state index contributed by atoms with van der Waals surface area (Å²) in [5, 5.41) is 0. The van der Waals surface area contributed by atoms with Crippen molar-refractivity contribution in [3.05, 3.63) is 21.9 Å². The minimum Gasteiger partial charge on any atom is -0.364 e. The summed E-state index contributed by atoms with van der Waals surface area (Å²) in [6.45, 7) is 4.06. The van der Waals surface area contributed by atoms with Crippen LogP contribution in [0.15, 0.2) is 4.79 Å². The highest BCUT2D eigenvalue weighted by molar-refractivity contribution is 5.08. The van der Waals surface area contributed by atoms with Gasteiger partial charge in [-0.05, 0) is 13.8 Å². The Morgan fingerprint density at radius 3 is 2.55 bits per heavy atom. The van der Waals surface area contributed by atoms with Crippen molar-refractivity contribution < 1.29 is 4.74 Å². The predicted molar refractivity (Wildman–Crippen MR) is 41.5 cm³/mol. The van der Waals surface area contributed by atoms with Gasteiger partial charge in [0.2, 0.25) is 0 Å². The molecular weight excluding hydrogens is 144 g/mol. The number of aromatic nitrogens is 2. The number of aryl methyl sites for hydroxylation is 1. The number of aromatic amines is 1. The van der Waals surface area contributed by atoms with Crippen LogP contribution in [0.4, 0.5) is 0 Å². The molecule has 0 amide bonds. The highest BCUT2D eigenvalue weighted by Crippen LogP contribution is 1.98. The van der Waals surface area contributed by atoms with Gasteiger partial charge in [-0.25, -0.2) is 4.79 Å². The lowest BCUT2D eigenvalue weighted by atomic mass is 10.4. The van der Waals surface area contributed by atoms with Gasteiger partial charge in [-0.3, -0.25) is 4.57 Å². The first-order valence-electron chi connectivity index (χ1n) is 3.41. The number of nitrogens with one attached hydrogen (secondary N) is 1. The molecule has 1 N–H and O–H groups in total. The molecule has 0 spiro atoms. The fourth-order valence-corrected chi connectivity index (χ4v) is 0.958. The van der Waals surface area contributed by atoms with Crippen LogP contribution in [0.2, 0.25) is 0 Å². The number of H-pyrrole nitrogens is 1. The van der Waals surface area contributed by atoms with Gasteiger partial charge in [0.1, 0.15) is 6.73 Å². The topological polar surface area (TPSA) is 47.0 Å². The second-order valence-electron chi connectivity index (χ2n) is 2.49. The van der Waals surface area contributed by atoms with Crippen molar-refractivity contribution in [1.82, 2.24) is 9.55 Å². The first-order chi connectivity index (χ1) is 5.16. The van der Waals surface area contributed by atoms with E-state index in [2.05, 4.69) is 4.98 Å². The Hall–Kier alpha value is -1.03. The Labute approximate surface area is 64.8 Å². The van der Waals surface area contributed by atoms with Crippen molar-refractivity contribution >= 4 is 0 Å². The maximum Gasteiger partial charge on any atom is 0.327 e. The van der Waals surface area contributed by atoms with Crippen LogP contribution >= 0.6 is 0 Å². The average molecular weight is 156 g/mol. The summed E-state index contributed by atoms with van der Waals surface area (Å²) in [5.41, 5.74) is 1.71. The normalized spacial score (nSPS) is 10.5. The van der Waals surface area contributed by atoms with Gasteiger partial charge in [-0.1, -0.05) is 0 Å². The summed E-state index contributed by atoms with van der Waals surface area (Å²) < 4.78 is 6.40. The molecule has 1 rings (SSSR count). The maximum atomic E-state index is 11.1. The Balaban J connectivity index is 3.12. The lowest BCUT2D eigenvalue weighted by Crippen LogP contribution is -2.18. The van der Waals surface area contributed by atoms with E-state index >= 15 is 0 Å². The first kappa shape index (κ1) is 8.07. The molecule has 0 aliphatic carbocycles. The average Bonchev–Trinajstić information content (AvgIpc) is 2.17. The zero-order valence-electron chi connectivity index (χ0n) is 6.97. The second kappa shape index (κ2) is 2.92. The highest BCUT2D eigenvalue weighted by atomic mass is 16.5. The Kier molecular flexibility index (Phi) is 2.14. The summed E-state index contributed by atoms with van der Waals surface area (Å²) in [7, 11) is 1.56. The van der Waals surface area contributed by atoms with E-state index in [-0.39, 0.29) is 5.69 Å². The van der Waals surface area contributed by atoms with Crippen molar-refractivity contribution in [3.63, 3.8) is 0 Å². The van der Waals surface area contributed by atoms with Gasteiger partial charge >= 0.3 is 5.69 Å². The van der Waals surface area contributed by atoms with E-state index in [1.54, 1.807) is 11.7 Å². The molecule has 11 heavy (non-hydrogen) atoms. The summed E-state index contributed by atoms with van der Waals surface area (Å²) in [5.74, 6) is 0. The lowest BCUT2D eigenvalue weighted by molar-refractivity contribution is 0.127. The minimum atomic E-state index is -0.109. The Morgan fingerprint density at radius 2 is 2.18 bits per heavy atom. The van der Waals surface area contributed by atoms with Gasteiger partial charge < -0.3 is 9.72 Å². The molecule has 62 valence electrons. The molecule has 4 heteroatoms. The largest absolute Gasteiger partial charge is 0.364 e. The highest BCUT2D eigenvalue weighted by Gasteiger charge is 2.04. The van der Waals surface area contributed by atoms with Crippen LogP contribution in [0.1, 0.15) is 11.4 Å². The molecule has 0 saturated heterocycles. The van der Waals surface area contributed by atoms with Gasteiger partial charge in [0.25, 0.3) is 0 Å². The van der Waals surface area contributed by atoms with Crippen molar-refractivity contribution in [2.24, 2.45) is 0 Å². The molecule has 0 aromatic carbocycles. The van der Waals surface area contributed by atoms with Gasteiger partial charge in [0.05, 0.1) is 0 Å². The molecule has 0 fully saturated rings. The molecule has 4 nitrogen and oxygen atoms in total. The zero-order valence-corrected chi connectivity index (χ0v) is 6.97. The molecule has 0 saturated carbocycles. The minimum absolute atomic E-state index is 0.109. The molecule has 0 radical (unpaired) electrons. The summed E-state index contributed by atoms with van der Waals surface area (Å²) in [6, 6.07) is 0. The monoisotopic (exact) mass is 156 g/mol. The molecule has 0 aliphatic heterocycles. The number of imidazole rings is 1. The summed E-state index contributed by atoms with van der Waals surface area (Å²) in [4.78, 5) is 13.8. The van der Waals surface area contributed by atoms with Crippen LogP contribution in [0.3, 0.4) is 0 Å². The van der Waals surface area contributed by atoms with Crippen LogP contribution in [-0.4, -0.2) is 16.7 Å². The van der Waals surface area contributed by atoms with Gasteiger partial charge in [0, 0.05) is 18.5 Å². The molecule has 0 unspecified atom stereocenters. The second-order valence-corrected chi connectivity index (χ2v) is 2.49. The molecule has 0 bridgehead atoms. The van der Waals surface area contributed by atoms with E-state index in [1.807, 2.05) is 13.8 Å². The number of rotatable bonds is 2. The number of hydrogen-bond donors (Lipinski definition) is 1. The van der Waals surface area contributed by atoms with Crippen LogP contribution in [-0.2, 0) is 11.5 Å². The van der Waals surface area contributed by atoms with Crippen molar-refractivity contribution in [1.29, 1.82) is 0 Å². The fraction of sp³-hybridized carbons (Fsp3) is 0.571. The van der Waals surface area contributed by atoms with E-state index < -0.39 is 0 Å². The molecule has 0 atom stereocenters. The number of ether oxygens (including phenoxy) is 1. The summed E-state index contributed by atoms with van der Waals surface area (Å²) in [6.07, 6.45) is 0. The number of nitrogens with zero attached hydrogens (tertiary/aromatic N) is 1. The van der Waals surface area contributed by atoms with Crippen molar-refractivity contribution in [2.75, 3.05) is 7.11 Å². The zero-order chi connectivity index (χ0) is 8.43. The van der Waals surface area contributed by atoms with Crippen LogP contribution in [0, 0.1) is 13.8 Å². The third kappa shape index (κ3) is 1.35. The third-order valence-corrected chi connectivity index (χ3v) is 1.75. The van der Waals surface area contributed by atoms with E-state index in [4.69, 9.17) is 4.74 Å². The summed E-state index contributed by atoms with van der Waals surface area (Å²) >= 11 is 0. The smallest absolute Gasteiger partial charge is 0.327 e. The van der Waals surface area contributed by atoms with Gasteiger partial charge in [-0.15, -0.1) is 0 Å². The van der Waals surface area contributed by atoms with Crippen LogP contribution in [0.25, 0.3) is 0 Å². The van der Waals surface area contributed by atoms with E-state index in [1.165, 1.54) is 0 Å². The van der Waals surface area contributed by atoms with Gasteiger partial charge in [-0.2, -0.15) is 0 Å². The van der Waals surface area contributed by atoms with Crippen LogP contribution < -0.4 is 5.69 Å². The Morgan fingerprint density at radius 1 is 1.55 bits per heavy atom. The van der Waals surface area contributed by atoms with E-state index in [9.17, 15) is 4.79 Å². The number of hydrogen-bond acceptors (Lipinski definition) is 2. The molecule has 1 aromatic heterocycles. The van der Waals surface area contributed by atoms with Crippen molar-refractivity contribution in [2.45, 2.75) is 20.6 Å². The third-order valence-electron chi connectivity index (χ3n) is 1.75. The molecule has 1 aromatic rings. The van der Waals surface area contributed by atoms with E-state index in [0.717, 1.165) is 11.4 Å². The lowest BCUT2D eigenvalue weighted by Gasteiger charge is -2.00. The molecular formula is C7H12N2O2.